The monoisotopic (exact) mass is 244 g/mol. The summed E-state index contributed by atoms with van der Waals surface area (Å²) in [5.74, 6) is -0.950. The van der Waals surface area contributed by atoms with Crippen molar-refractivity contribution in [3.8, 4) is 0 Å². The molecule has 3 N–H and O–H groups in total. The van der Waals surface area contributed by atoms with Crippen LogP contribution >= 0.6 is 0 Å². The van der Waals surface area contributed by atoms with Crippen LogP contribution in [0.2, 0.25) is 0 Å². The third-order valence-corrected chi connectivity index (χ3v) is 3.47. The fourth-order valence-corrected chi connectivity index (χ4v) is 1.94. The number of nitrogens with two attached hydrogens (primary N) is 1. The van der Waals surface area contributed by atoms with Crippen LogP contribution in [0.4, 0.5) is 0 Å². The number of aliphatic carboxylic acids is 1. The molecule has 1 saturated heterocycles. The molecule has 1 heterocycles. The Morgan fingerprint density at radius 2 is 2.00 bits per heavy atom. The van der Waals surface area contributed by atoms with Gasteiger partial charge in [0.1, 0.15) is 6.10 Å². The number of piperidine rings is 1. The Morgan fingerprint density at radius 3 is 2.35 bits per heavy atom. The third kappa shape index (κ3) is 2.95. The molecule has 0 aliphatic carbocycles. The van der Waals surface area contributed by atoms with Crippen molar-refractivity contribution in [3.63, 3.8) is 0 Å². The van der Waals surface area contributed by atoms with Gasteiger partial charge in [-0.15, -0.1) is 0 Å². The van der Waals surface area contributed by atoms with Crippen LogP contribution in [-0.2, 0) is 14.3 Å². The molecule has 6 heteroatoms. The first-order valence-electron chi connectivity index (χ1n) is 5.69. The van der Waals surface area contributed by atoms with Crippen LogP contribution < -0.4 is 5.73 Å². The van der Waals surface area contributed by atoms with Gasteiger partial charge >= 0.3 is 5.97 Å². The number of likely N-dealkylation sites (tertiary alicyclic amines) is 1. The Balaban J connectivity index is 2.58. The summed E-state index contributed by atoms with van der Waals surface area (Å²) in [6, 6.07) is 0. The molecule has 1 atom stereocenters. The van der Waals surface area contributed by atoms with Crippen molar-refractivity contribution in [2.24, 2.45) is 11.1 Å². The van der Waals surface area contributed by atoms with E-state index in [-0.39, 0.29) is 12.5 Å². The summed E-state index contributed by atoms with van der Waals surface area (Å²) in [5, 5.41) is 9.08. The van der Waals surface area contributed by atoms with Crippen molar-refractivity contribution >= 4 is 11.9 Å². The molecule has 0 radical (unpaired) electrons. The predicted molar refractivity (Wildman–Crippen MR) is 61.4 cm³/mol. The van der Waals surface area contributed by atoms with Crippen LogP contribution in [0.1, 0.15) is 19.8 Å². The highest BCUT2D eigenvalue weighted by molar-refractivity contribution is 5.82. The SMILES string of the molecule is COC(CN)C(=O)N1CCC(C)(C(=O)O)CC1. The van der Waals surface area contributed by atoms with E-state index in [1.165, 1.54) is 7.11 Å². The largest absolute Gasteiger partial charge is 0.481 e. The lowest BCUT2D eigenvalue weighted by molar-refractivity contribution is -0.155. The van der Waals surface area contributed by atoms with Crippen LogP contribution in [0.3, 0.4) is 0 Å². The highest BCUT2D eigenvalue weighted by Crippen LogP contribution is 2.31. The summed E-state index contributed by atoms with van der Waals surface area (Å²) in [7, 11) is 1.45. The molecular formula is C11H20N2O4. The van der Waals surface area contributed by atoms with Crippen LogP contribution in [0, 0.1) is 5.41 Å². The molecule has 0 aromatic rings. The highest BCUT2D eigenvalue weighted by atomic mass is 16.5. The second-order valence-electron chi connectivity index (χ2n) is 4.65. The van der Waals surface area contributed by atoms with Gasteiger partial charge in [0.15, 0.2) is 0 Å². The first-order chi connectivity index (χ1) is 7.94. The van der Waals surface area contributed by atoms with Gasteiger partial charge in [-0.25, -0.2) is 0 Å². The molecule has 1 fully saturated rings. The van der Waals surface area contributed by atoms with Gasteiger partial charge in [-0.2, -0.15) is 0 Å². The van der Waals surface area contributed by atoms with Crippen molar-refractivity contribution in [3.05, 3.63) is 0 Å². The fourth-order valence-electron chi connectivity index (χ4n) is 1.94. The summed E-state index contributed by atoms with van der Waals surface area (Å²) < 4.78 is 4.98. The summed E-state index contributed by atoms with van der Waals surface area (Å²) in [6.07, 6.45) is 0.314. The highest BCUT2D eigenvalue weighted by Gasteiger charge is 2.38. The maximum atomic E-state index is 11.9. The minimum absolute atomic E-state index is 0.141. The van der Waals surface area contributed by atoms with Gasteiger partial charge in [0.25, 0.3) is 5.91 Å². The van der Waals surface area contributed by atoms with Gasteiger partial charge in [0, 0.05) is 26.7 Å². The minimum Gasteiger partial charge on any atom is -0.481 e. The predicted octanol–water partition coefficient (Wildman–Crippen LogP) is -0.327. The van der Waals surface area contributed by atoms with E-state index in [4.69, 9.17) is 15.6 Å². The van der Waals surface area contributed by atoms with Crippen molar-refractivity contribution < 1.29 is 19.4 Å². The van der Waals surface area contributed by atoms with E-state index in [9.17, 15) is 9.59 Å². The maximum Gasteiger partial charge on any atom is 0.309 e. The van der Waals surface area contributed by atoms with E-state index < -0.39 is 17.5 Å². The van der Waals surface area contributed by atoms with Crippen molar-refractivity contribution in [2.75, 3.05) is 26.7 Å². The van der Waals surface area contributed by atoms with Crippen molar-refractivity contribution in [1.29, 1.82) is 0 Å². The molecule has 0 bridgehead atoms. The number of hydrogen-bond donors (Lipinski definition) is 2. The molecule has 17 heavy (non-hydrogen) atoms. The van der Waals surface area contributed by atoms with Gasteiger partial charge in [-0.05, 0) is 19.8 Å². The van der Waals surface area contributed by atoms with Crippen molar-refractivity contribution in [1.82, 2.24) is 4.90 Å². The van der Waals surface area contributed by atoms with E-state index >= 15 is 0 Å². The molecule has 1 rings (SSSR count). The fraction of sp³-hybridized carbons (Fsp3) is 0.818. The average Bonchev–Trinajstić information content (AvgIpc) is 2.31. The number of amides is 1. The zero-order valence-corrected chi connectivity index (χ0v) is 10.3. The average molecular weight is 244 g/mol. The molecule has 0 aromatic heterocycles. The standard InChI is InChI=1S/C11H20N2O4/c1-11(10(15)16)3-5-13(6-4-11)9(14)8(7-12)17-2/h8H,3-7,12H2,1-2H3,(H,15,16). The molecular weight excluding hydrogens is 224 g/mol. The Bertz CT molecular complexity index is 294. The number of ether oxygens (including phenoxy) is 1. The lowest BCUT2D eigenvalue weighted by Gasteiger charge is -2.37. The van der Waals surface area contributed by atoms with E-state index in [2.05, 4.69) is 0 Å². The number of carbonyl (C=O) groups excluding carboxylic acids is 1. The van der Waals surface area contributed by atoms with Crippen LogP contribution in [-0.4, -0.2) is 54.7 Å². The van der Waals surface area contributed by atoms with Crippen molar-refractivity contribution in [2.45, 2.75) is 25.9 Å². The zero-order valence-electron chi connectivity index (χ0n) is 10.3. The summed E-state index contributed by atoms with van der Waals surface area (Å²) in [4.78, 5) is 24.6. The Labute approximate surface area is 101 Å². The summed E-state index contributed by atoms with van der Waals surface area (Å²) in [5.41, 5.74) is 4.71. The number of nitrogens with zero attached hydrogens (tertiary/aromatic N) is 1. The van der Waals surface area contributed by atoms with Crippen LogP contribution in [0.5, 0.6) is 0 Å². The second-order valence-corrected chi connectivity index (χ2v) is 4.65. The topological polar surface area (TPSA) is 92.9 Å². The summed E-state index contributed by atoms with van der Waals surface area (Å²) in [6.45, 7) is 2.75. The van der Waals surface area contributed by atoms with Gasteiger partial charge in [-0.3, -0.25) is 9.59 Å². The van der Waals surface area contributed by atoms with Gasteiger partial charge in [0.05, 0.1) is 5.41 Å². The molecule has 0 spiro atoms. The van der Waals surface area contributed by atoms with Gasteiger partial charge < -0.3 is 20.5 Å². The number of carboxylic acid groups (broad SMARTS) is 1. The quantitative estimate of drug-likeness (QED) is 0.706. The molecule has 0 aromatic carbocycles. The van der Waals surface area contributed by atoms with Gasteiger partial charge in [0.2, 0.25) is 0 Å². The number of carbonyl (C=O) groups is 2. The lowest BCUT2D eigenvalue weighted by atomic mass is 9.80. The smallest absolute Gasteiger partial charge is 0.309 e. The minimum atomic E-state index is -0.799. The van der Waals surface area contributed by atoms with E-state index in [0.29, 0.717) is 25.9 Å². The van der Waals surface area contributed by atoms with Crippen LogP contribution in [0.25, 0.3) is 0 Å². The molecule has 1 aliphatic rings. The molecule has 1 unspecified atom stereocenters. The van der Waals surface area contributed by atoms with E-state index in [1.54, 1.807) is 11.8 Å². The lowest BCUT2D eigenvalue weighted by Crippen LogP contribution is -2.50. The van der Waals surface area contributed by atoms with Crippen LogP contribution in [0.15, 0.2) is 0 Å². The number of hydrogen-bond acceptors (Lipinski definition) is 4. The van der Waals surface area contributed by atoms with Gasteiger partial charge in [-0.1, -0.05) is 0 Å². The third-order valence-electron chi connectivity index (χ3n) is 3.47. The normalized spacial score (nSPS) is 21.0. The molecule has 1 amide bonds. The molecule has 0 saturated carbocycles. The molecule has 98 valence electrons. The summed E-state index contributed by atoms with van der Waals surface area (Å²) >= 11 is 0. The second kappa shape index (κ2) is 5.46. The number of methoxy groups -OCH3 is 1. The number of carboxylic acids is 1. The van der Waals surface area contributed by atoms with E-state index in [0.717, 1.165) is 0 Å². The Hall–Kier alpha value is -1.14. The molecule has 6 nitrogen and oxygen atoms in total. The Morgan fingerprint density at radius 1 is 1.47 bits per heavy atom. The molecule has 1 aliphatic heterocycles. The zero-order chi connectivity index (χ0) is 13.1. The van der Waals surface area contributed by atoms with E-state index in [1.807, 2.05) is 0 Å². The first-order valence-corrected chi connectivity index (χ1v) is 5.69. The Kier molecular flexibility index (Phi) is 4.47. The maximum absolute atomic E-state index is 11.9. The number of rotatable bonds is 4. The first kappa shape index (κ1) is 13.9.